The van der Waals surface area contributed by atoms with E-state index in [0.29, 0.717) is 40.7 Å². The van der Waals surface area contributed by atoms with E-state index in [4.69, 9.17) is 21.1 Å². The highest BCUT2D eigenvalue weighted by molar-refractivity contribution is 6.32. The average molecular weight is 395 g/mol. The Hall–Kier alpha value is -1.46. The third kappa shape index (κ3) is 5.52. The summed E-state index contributed by atoms with van der Waals surface area (Å²) in [4.78, 5) is 14.8. The van der Waals surface area contributed by atoms with Crippen molar-refractivity contribution in [2.75, 3.05) is 33.4 Å². The molecule has 1 saturated heterocycles. The van der Waals surface area contributed by atoms with Crippen molar-refractivity contribution in [1.29, 1.82) is 0 Å². The van der Waals surface area contributed by atoms with Crippen LogP contribution in [0.3, 0.4) is 0 Å². The molecule has 0 radical (unpaired) electrons. The van der Waals surface area contributed by atoms with E-state index in [1.54, 1.807) is 19.2 Å². The highest BCUT2D eigenvalue weighted by Gasteiger charge is 2.27. The number of amides is 1. The van der Waals surface area contributed by atoms with Gasteiger partial charge in [-0.2, -0.15) is 0 Å². The second kappa shape index (κ2) is 9.16. The van der Waals surface area contributed by atoms with Crippen LogP contribution in [0.2, 0.25) is 5.02 Å². The van der Waals surface area contributed by atoms with Crippen molar-refractivity contribution in [1.82, 2.24) is 10.2 Å². The average Bonchev–Trinajstić information content (AvgIpc) is 3.49. The second-order valence-electron chi connectivity index (χ2n) is 8.11. The van der Waals surface area contributed by atoms with Gasteiger partial charge in [-0.15, -0.1) is 0 Å². The van der Waals surface area contributed by atoms with E-state index in [1.165, 1.54) is 12.8 Å². The number of carbonyl (C=O) groups is 1. The largest absolute Gasteiger partial charge is 0.493 e. The van der Waals surface area contributed by atoms with Crippen LogP contribution in [0.4, 0.5) is 0 Å². The van der Waals surface area contributed by atoms with Crippen molar-refractivity contribution in [2.24, 2.45) is 11.8 Å². The number of nitrogens with zero attached hydrogens (tertiary/aromatic N) is 1. The van der Waals surface area contributed by atoms with Gasteiger partial charge in [0.2, 0.25) is 0 Å². The van der Waals surface area contributed by atoms with Crippen LogP contribution in [-0.2, 0) is 0 Å². The Morgan fingerprint density at radius 2 is 1.96 bits per heavy atom. The van der Waals surface area contributed by atoms with Gasteiger partial charge in [0.1, 0.15) is 0 Å². The van der Waals surface area contributed by atoms with Crippen LogP contribution in [0.25, 0.3) is 0 Å². The summed E-state index contributed by atoms with van der Waals surface area (Å²) in [5.74, 6) is 2.28. The summed E-state index contributed by atoms with van der Waals surface area (Å²) in [5, 5.41) is 4.06. The molecule has 3 rings (SSSR count). The molecule has 0 atom stereocenters. The smallest absolute Gasteiger partial charge is 0.254 e. The van der Waals surface area contributed by atoms with Gasteiger partial charge < -0.3 is 19.7 Å². The highest BCUT2D eigenvalue weighted by atomic mass is 35.5. The first kappa shape index (κ1) is 20.3. The van der Waals surface area contributed by atoms with Crippen molar-refractivity contribution in [2.45, 2.75) is 45.6 Å². The molecule has 1 aliphatic heterocycles. The van der Waals surface area contributed by atoms with Gasteiger partial charge in [0.15, 0.2) is 11.5 Å². The molecule has 6 heteroatoms. The molecule has 1 N–H and O–H groups in total. The normalized spacial score (nSPS) is 18.0. The number of nitrogens with one attached hydrogen (secondary N) is 1. The fourth-order valence-electron chi connectivity index (χ4n) is 3.36. The SMILES string of the molecule is COc1cc(C(=O)N2CCC(NCC3CC3)CC2)cc(Cl)c1OCC(C)C. The molecular formula is C21H31ClN2O3. The zero-order chi connectivity index (χ0) is 19.4. The topological polar surface area (TPSA) is 50.8 Å². The Labute approximate surface area is 167 Å². The molecule has 1 aromatic carbocycles. The second-order valence-corrected chi connectivity index (χ2v) is 8.52. The van der Waals surface area contributed by atoms with E-state index < -0.39 is 0 Å². The standard InChI is InChI=1S/C21H31ClN2O3/c1-14(2)13-27-20-18(22)10-16(11-19(20)26-3)21(25)24-8-6-17(7-9-24)23-12-15-4-5-15/h10-11,14-15,17,23H,4-9,12-13H2,1-3H3. The molecule has 5 nitrogen and oxygen atoms in total. The zero-order valence-corrected chi connectivity index (χ0v) is 17.3. The fourth-order valence-corrected chi connectivity index (χ4v) is 3.62. The molecule has 1 heterocycles. The molecule has 150 valence electrons. The Balaban J connectivity index is 1.61. The summed E-state index contributed by atoms with van der Waals surface area (Å²) in [7, 11) is 1.57. The van der Waals surface area contributed by atoms with Gasteiger partial charge in [0.05, 0.1) is 18.7 Å². The molecule has 1 saturated carbocycles. The zero-order valence-electron chi connectivity index (χ0n) is 16.6. The lowest BCUT2D eigenvalue weighted by Gasteiger charge is -2.32. The monoisotopic (exact) mass is 394 g/mol. The number of halogens is 1. The van der Waals surface area contributed by atoms with Crippen LogP contribution in [0.15, 0.2) is 12.1 Å². The maximum absolute atomic E-state index is 12.9. The predicted octanol–water partition coefficient (Wildman–Crippen LogP) is 3.99. The number of likely N-dealkylation sites (tertiary alicyclic amines) is 1. The Morgan fingerprint density at radius 3 is 2.56 bits per heavy atom. The van der Waals surface area contributed by atoms with Gasteiger partial charge in [0.25, 0.3) is 5.91 Å². The number of benzene rings is 1. The van der Waals surface area contributed by atoms with Crippen LogP contribution < -0.4 is 14.8 Å². The maximum Gasteiger partial charge on any atom is 0.254 e. The molecule has 0 unspecified atom stereocenters. The predicted molar refractivity (Wildman–Crippen MR) is 108 cm³/mol. The molecule has 2 fully saturated rings. The van der Waals surface area contributed by atoms with Crippen LogP contribution in [0.1, 0.15) is 49.9 Å². The highest BCUT2D eigenvalue weighted by Crippen LogP contribution is 2.37. The number of hydrogen-bond acceptors (Lipinski definition) is 4. The van der Waals surface area contributed by atoms with Gasteiger partial charge in [-0.3, -0.25) is 4.79 Å². The van der Waals surface area contributed by atoms with E-state index in [1.807, 2.05) is 4.90 Å². The van der Waals surface area contributed by atoms with Crippen LogP contribution in [0.5, 0.6) is 11.5 Å². The summed E-state index contributed by atoms with van der Waals surface area (Å²) in [6.07, 6.45) is 4.73. The van der Waals surface area contributed by atoms with Gasteiger partial charge in [0, 0.05) is 24.7 Å². The first-order valence-corrected chi connectivity index (χ1v) is 10.4. The van der Waals surface area contributed by atoms with E-state index >= 15 is 0 Å². The maximum atomic E-state index is 12.9. The molecule has 0 spiro atoms. The summed E-state index contributed by atoms with van der Waals surface area (Å²) in [5.41, 5.74) is 0.554. The number of methoxy groups -OCH3 is 1. The Kier molecular flexibility index (Phi) is 6.88. The Bertz CT molecular complexity index is 653. The van der Waals surface area contributed by atoms with Crippen molar-refractivity contribution >= 4 is 17.5 Å². The number of hydrogen-bond donors (Lipinski definition) is 1. The van der Waals surface area contributed by atoms with Gasteiger partial charge in [-0.25, -0.2) is 0 Å². The Morgan fingerprint density at radius 1 is 1.26 bits per heavy atom. The molecule has 0 aromatic heterocycles. The molecule has 1 aromatic rings. The van der Waals surface area contributed by atoms with Gasteiger partial charge in [-0.05, 0) is 56.2 Å². The van der Waals surface area contributed by atoms with E-state index in [2.05, 4.69) is 19.2 Å². The quantitative estimate of drug-likeness (QED) is 0.724. The fraction of sp³-hybridized carbons (Fsp3) is 0.667. The number of rotatable bonds is 8. The minimum absolute atomic E-state index is 0.00579. The van der Waals surface area contributed by atoms with Crippen molar-refractivity contribution in [3.05, 3.63) is 22.7 Å². The number of carbonyl (C=O) groups excluding carboxylic acids is 1. The summed E-state index contributed by atoms with van der Waals surface area (Å²) in [6, 6.07) is 3.96. The summed E-state index contributed by atoms with van der Waals surface area (Å²) >= 11 is 6.39. The molecular weight excluding hydrogens is 364 g/mol. The minimum Gasteiger partial charge on any atom is -0.493 e. The molecule has 27 heavy (non-hydrogen) atoms. The van der Waals surface area contributed by atoms with Gasteiger partial charge >= 0.3 is 0 Å². The summed E-state index contributed by atoms with van der Waals surface area (Å²) < 4.78 is 11.2. The van der Waals surface area contributed by atoms with Crippen LogP contribution in [0, 0.1) is 11.8 Å². The number of piperidine rings is 1. The molecule has 1 aliphatic carbocycles. The summed E-state index contributed by atoms with van der Waals surface area (Å²) in [6.45, 7) is 7.36. The lowest BCUT2D eigenvalue weighted by molar-refractivity contribution is 0.0704. The number of ether oxygens (including phenoxy) is 2. The molecule has 2 aliphatic rings. The van der Waals surface area contributed by atoms with Crippen molar-refractivity contribution in [3.8, 4) is 11.5 Å². The van der Waals surface area contributed by atoms with Crippen molar-refractivity contribution < 1.29 is 14.3 Å². The third-order valence-electron chi connectivity index (χ3n) is 5.21. The molecule has 0 bridgehead atoms. The lowest BCUT2D eigenvalue weighted by atomic mass is 10.0. The van der Waals surface area contributed by atoms with E-state index in [-0.39, 0.29) is 5.91 Å². The first-order chi connectivity index (χ1) is 13.0. The first-order valence-electron chi connectivity index (χ1n) is 10.0. The van der Waals surface area contributed by atoms with E-state index in [0.717, 1.165) is 38.4 Å². The lowest BCUT2D eigenvalue weighted by Crippen LogP contribution is -2.45. The van der Waals surface area contributed by atoms with E-state index in [9.17, 15) is 4.79 Å². The third-order valence-corrected chi connectivity index (χ3v) is 5.49. The van der Waals surface area contributed by atoms with Gasteiger partial charge in [-0.1, -0.05) is 25.4 Å². The van der Waals surface area contributed by atoms with Crippen LogP contribution >= 0.6 is 11.6 Å². The van der Waals surface area contributed by atoms with Crippen LogP contribution in [-0.4, -0.2) is 50.2 Å². The van der Waals surface area contributed by atoms with Crippen molar-refractivity contribution in [3.63, 3.8) is 0 Å². The molecule has 1 amide bonds. The minimum atomic E-state index is 0.00579.